The summed E-state index contributed by atoms with van der Waals surface area (Å²) in [6.45, 7) is 5.34. The highest BCUT2D eigenvalue weighted by molar-refractivity contribution is 7.89. The maximum atomic E-state index is 12.1. The fourth-order valence-electron chi connectivity index (χ4n) is 2.25. The number of hydrogen-bond donors (Lipinski definition) is 2. The lowest BCUT2D eigenvalue weighted by Gasteiger charge is -2.25. The van der Waals surface area contributed by atoms with Crippen LogP contribution in [0.25, 0.3) is 0 Å². The van der Waals surface area contributed by atoms with E-state index in [1.165, 1.54) is 19.3 Å². The van der Waals surface area contributed by atoms with Crippen LogP contribution in [0.5, 0.6) is 0 Å². The Balaban J connectivity index is 1.86. The van der Waals surface area contributed by atoms with E-state index in [1.54, 1.807) is 12.3 Å². The van der Waals surface area contributed by atoms with Crippen molar-refractivity contribution >= 4 is 10.0 Å². The Morgan fingerprint density at radius 3 is 2.62 bits per heavy atom. The van der Waals surface area contributed by atoms with Crippen molar-refractivity contribution in [2.24, 2.45) is 5.92 Å². The van der Waals surface area contributed by atoms with Gasteiger partial charge < -0.3 is 5.32 Å². The van der Waals surface area contributed by atoms with Gasteiger partial charge in [0.05, 0.1) is 0 Å². The molecule has 0 aromatic carbocycles. The zero-order valence-corrected chi connectivity index (χ0v) is 13.6. The molecule has 0 atom stereocenters. The largest absolute Gasteiger partial charge is 0.310 e. The molecule has 1 saturated carbocycles. The molecule has 21 heavy (non-hydrogen) atoms. The average molecular weight is 311 g/mol. The summed E-state index contributed by atoms with van der Waals surface area (Å²) in [4.78, 5) is 4.07. The minimum absolute atomic E-state index is 0.101. The SMILES string of the molecule is CC(C)NCc1ccc(S(=O)(=O)NCCC2CCC2)nc1. The van der Waals surface area contributed by atoms with Crippen LogP contribution in [-0.4, -0.2) is 26.0 Å². The molecule has 1 aromatic heterocycles. The highest BCUT2D eigenvalue weighted by Crippen LogP contribution is 2.28. The number of sulfonamides is 1. The van der Waals surface area contributed by atoms with Gasteiger partial charge in [0, 0.05) is 25.3 Å². The molecule has 0 saturated heterocycles. The summed E-state index contributed by atoms with van der Waals surface area (Å²) in [6.07, 6.45) is 6.30. The first-order valence-electron chi connectivity index (χ1n) is 7.65. The van der Waals surface area contributed by atoms with E-state index in [2.05, 4.69) is 28.9 Å². The first-order chi connectivity index (χ1) is 9.97. The van der Waals surface area contributed by atoms with E-state index < -0.39 is 10.0 Å². The van der Waals surface area contributed by atoms with Gasteiger partial charge in [-0.3, -0.25) is 0 Å². The fourth-order valence-corrected chi connectivity index (χ4v) is 3.22. The molecule has 0 amide bonds. The van der Waals surface area contributed by atoms with Crippen molar-refractivity contribution in [1.82, 2.24) is 15.0 Å². The zero-order valence-electron chi connectivity index (χ0n) is 12.8. The van der Waals surface area contributed by atoms with Crippen LogP contribution in [0, 0.1) is 5.92 Å². The Kier molecular flexibility index (Phi) is 5.72. The standard InChI is InChI=1S/C15H25N3O2S/c1-12(2)16-10-14-6-7-15(17-11-14)21(19,20)18-9-8-13-4-3-5-13/h6-7,11-13,16,18H,3-5,8-10H2,1-2H3. The van der Waals surface area contributed by atoms with Crippen LogP contribution in [0.3, 0.4) is 0 Å². The van der Waals surface area contributed by atoms with Crippen molar-refractivity contribution < 1.29 is 8.42 Å². The van der Waals surface area contributed by atoms with Gasteiger partial charge in [-0.2, -0.15) is 0 Å². The lowest BCUT2D eigenvalue weighted by molar-refractivity contribution is 0.297. The third-order valence-corrected chi connectivity index (χ3v) is 5.23. The number of hydrogen-bond acceptors (Lipinski definition) is 4. The molecule has 1 fully saturated rings. The number of nitrogens with zero attached hydrogens (tertiary/aromatic N) is 1. The molecule has 0 unspecified atom stereocenters. The summed E-state index contributed by atoms with van der Waals surface area (Å²) in [5.74, 6) is 0.699. The lowest BCUT2D eigenvalue weighted by atomic mass is 9.83. The van der Waals surface area contributed by atoms with Crippen LogP contribution in [-0.2, 0) is 16.6 Å². The Morgan fingerprint density at radius 1 is 1.33 bits per heavy atom. The van der Waals surface area contributed by atoms with Crippen LogP contribution in [0.15, 0.2) is 23.4 Å². The third-order valence-electron chi connectivity index (χ3n) is 3.86. The minimum Gasteiger partial charge on any atom is -0.310 e. The van der Waals surface area contributed by atoms with E-state index in [1.807, 2.05) is 6.07 Å². The van der Waals surface area contributed by atoms with Gasteiger partial charge in [0.25, 0.3) is 10.0 Å². The van der Waals surface area contributed by atoms with E-state index in [0.29, 0.717) is 25.0 Å². The van der Waals surface area contributed by atoms with Gasteiger partial charge in [-0.25, -0.2) is 18.1 Å². The first kappa shape index (κ1) is 16.4. The summed E-state index contributed by atoms with van der Waals surface area (Å²) in [7, 11) is -3.47. The molecule has 1 heterocycles. The highest BCUT2D eigenvalue weighted by Gasteiger charge is 2.19. The van der Waals surface area contributed by atoms with Crippen LogP contribution in [0.2, 0.25) is 0 Å². The van der Waals surface area contributed by atoms with Crippen molar-refractivity contribution in [2.45, 2.75) is 57.1 Å². The van der Waals surface area contributed by atoms with Gasteiger partial charge >= 0.3 is 0 Å². The summed E-state index contributed by atoms with van der Waals surface area (Å²) in [5.41, 5.74) is 0.983. The second-order valence-electron chi connectivity index (χ2n) is 6.02. The molecule has 118 valence electrons. The second-order valence-corrected chi connectivity index (χ2v) is 7.74. The molecule has 6 heteroatoms. The highest BCUT2D eigenvalue weighted by atomic mass is 32.2. The van der Waals surface area contributed by atoms with Gasteiger partial charge in [0.15, 0.2) is 5.03 Å². The number of nitrogens with one attached hydrogen (secondary N) is 2. The summed E-state index contributed by atoms with van der Waals surface area (Å²) < 4.78 is 26.9. The molecule has 1 aliphatic rings. The maximum absolute atomic E-state index is 12.1. The topological polar surface area (TPSA) is 71.1 Å². The van der Waals surface area contributed by atoms with Crippen LogP contribution < -0.4 is 10.0 Å². The summed E-state index contributed by atoms with van der Waals surface area (Å²) in [6, 6.07) is 3.77. The Labute approximate surface area is 127 Å². The summed E-state index contributed by atoms with van der Waals surface area (Å²) >= 11 is 0. The molecule has 0 spiro atoms. The van der Waals surface area contributed by atoms with Crippen LogP contribution in [0.4, 0.5) is 0 Å². The van der Waals surface area contributed by atoms with Crippen LogP contribution in [0.1, 0.15) is 45.1 Å². The zero-order chi connectivity index (χ0) is 15.3. The van der Waals surface area contributed by atoms with E-state index in [-0.39, 0.29) is 5.03 Å². The van der Waals surface area contributed by atoms with Gasteiger partial charge in [-0.15, -0.1) is 0 Å². The lowest BCUT2D eigenvalue weighted by Crippen LogP contribution is -2.28. The normalized spacial score (nSPS) is 16.1. The average Bonchev–Trinajstić information content (AvgIpc) is 2.40. The predicted octanol–water partition coefficient (Wildman–Crippen LogP) is 2.05. The Morgan fingerprint density at radius 2 is 2.10 bits per heavy atom. The van der Waals surface area contributed by atoms with Crippen molar-refractivity contribution in [3.63, 3.8) is 0 Å². The quantitative estimate of drug-likeness (QED) is 0.771. The molecule has 5 nitrogen and oxygen atoms in total. The number of rotatable bonds is 8. The molecule has 2 N–H and O–H groups in total. The number of pyridine rings is 1. The predicted molar refractivity (Wildman–Crippen MR) is 83.4 cm³/mol. The molecule has 2 rings (SSSR count). The van der Waals surface area contributed by atoms with Crippen molar-refractivity contribution in [3.8, 4) is 0 Å². The van der Waals surface area contributed by atoms with Crippen LogP contribution >= 0.6 is 0 Å². The minimum atomic E-state index is -3.47. The Hall–Kier alpha value is -0.980. The van der Waals surface area contributed by atoms with E-state index >= 15 is 0 Å². The Bertz CT molecular complexity index is 537. The second kappa shape index (κ2) is 7.33. The fraction of sp³-hybridized carbons (Fsp3) is 0.667. The van der Waals surface area contributed by atoms with Gasteiger partial charge in [0.1, 0.15) is 0 Å². The molecule has 0 radical (unpaired) electrons. The molecule has 0 aliphatic heterocycles. The number of aromatic nitrogens is 1. The smallest absolute Gasteiger partial charge is 0.258 e. The van der Waals surface area contributed by atoms with Crippen molar-refractivity contribution in [1.29, 1.82) is 0 Å². The molecular weight excluding hydrogens is 286 g/mol. The van der Waals surface area contributed by atoms with E-state index in [0.717, 1.165) is 12.0 Å². The van der Waals surface area contributed by atoms with Crippen molar-refractivity contribution in [2.75, 3.05) is 6.54 Å². The molecular formula is C15H25N3O2S. The monoisotopic (exact) mass is 311 g/mol. The maximum Gasteiger partial charge on any atom is 0.258 e. The van der Waals surface area contributed by atoms with Crippen molar-refractivity contribution in [3.05, 3.63) is 23.9 Å². The molecule has 1 aliphatic carbocycles. The summed E-state index contributed by atoms with van der Waals surface area (Å²) in [5, 5.41) is 3.38. The van der Waals surface area contributed by atoms with E-state index in [9.17, 15) is 8.42 Å². The van der Waals surface area contributed by atoms with Gasteiger partial charge in [-0.05, 0) is 24.0 Å². The third kappa shape index (κ3) is 5.05. The molecule has 0 bridgehead atoms. The first-order valence-corrected chi connectivity index (χ1v) is 9.13. The van der Waals surface area contributed by atoms with E-state index in [4.69, 9.17) is 0 Å². The molecule has 1 aromatic rings. The van der Waals surface area contributed by atoms with Gasteiger partial charge in [0.2, 0.25) is 0 Å². The van der Waals surface area contributed by atoms with Gasteiger partial charge in [-0.1, -0.05) is 39.2 Å².